The van der Waals surface area contributed by atoms with Gasteiger partial charge in [0.05, 0.1) is 0 Å². The zero-order chi connectivity index (χ0) is 19.2. The van der Waals surface area contributed by atoms with E-state index in [0.717, 1.165) is 35.2 Å². The predicted octanol–water partition coefficient (Wildman–Crippen LogP) is 8.68. The highest BCUT2D eigenvalue weighted by Gasteiger charge is 2.38. The molecule has 0 saturated carbocycles. The van der Waals surface area contributed by atoms with Gasteiger partial charge in [0.25, 0.3) is 0 Å². The molecule has 0 amide bonds. The Labute approximate surface area is 156 Å². The van der Waals surface area contributed by atoms with E-state index < -0.39 is 0 Å². The summed E-state index contributed by atoms with van der Waals surface area (Å²) in [5, 5.41) is 0.523. The topological polar surface area (TPSA) is 0 Å². The van der Waals surface area contributed by atoms with Crippen LogP contribution >= 0.6 is 14.0 Å². The summed E-state index contributed by atoms with van der Waals surface area (Å²) in [5.74, 6) is 4.06. The molecule has 0 aromatic carbocycles. The Hall–Kier alpha value is 0.600. The van der Waals surface area contributed by atoms with E-state index in [1.54, 1.807) is 0 Å². The second-order valence-corrected chi connectivity index (χ2v) is 17.0. The summed E-state index contributed by atoms with van der Waals surface area (Å²) in [6.45, 7) is 29.9. The van der Waals surface area contributed by atoms with E-state index in [0.29, 0.717) is 5.16 Å². The smallest absolute Gasteiger partial charge is 0.0105 e. The molecule has 0 saturated heterocycles. The van der Waals surface area contributed by atoms with Gasteiger partial charge >= 0.3 is 0 Å². The molecule has 0 heterocycles. The van der Waals surface area contributed by atoms with E-state index >= 15 is 0 Å². The molecule has 0 aromatic heterocycles. The van der Waals surface area contributed by atoms with Crippen molar-refractivity contribution in [1.82, 2.24) is 0 Å². The standard InChI is InChI=1S/C22H48P2/c1-13-23(20(10)15-19(9)16(3)4)24(14-2)22(12,18(7)8)21(11)17(5)6/h16-21H,13-15H2,1-12H3. The zero-order valence-electron chi connectivity index (χ0n) is 19.0. The van der Waals surface area contributed by atoms with Crippen LogP contribution in [0, 0.1) is 29.6 Å². The Balaban J connectivity index is 6.16. The van der Waals surface area contributed by atoms with Crippen molar-refractivity contribution in [1.29, 1.82) is 0 Å². The lowest BCUT2D eigenvalue weighted by Crippen LogP contribution is -2.38. The molecule has 0 aliphatic heterocycles. The van der Waals surface area contributed by atoms with Crippen LogP contribution < -0.4 is 0 Å². The highest BCUT2D eigenvalue weighted by Crippen LogP contribution is 2.59. The molecule has 0 rings (SSSR count). The van der Waals surface area contributed by atoms with Crippen molar-refractivity contribution in [3.63, 3.8) is 0 Å². The second kappa shape index (κ2) is 10.7. The molecule has 0 aliphatic rings. The van der Waals surface area contributed by atoms with Crippen LogP contribution in [-0.2, 0) is 0 Å². The predicted molar refractivity (Wildman–Crippen MR) is 120 cm³/mol. The van der Waals surface area contributed by atoms with Crippen LogP contribution in [0.4, 0.5) is 0 Å². The summed E-state index contributed by atoms with van der Waals surface area (Å²) in [7, 11) is 0.243. The summed E-state index contributed by atoms with van der Waals surface area (Å²) < 4.78 is 0. The highest BCUT2D eigenvalue weighted by molar-refractivity contribution is 7.91. The van der Waals surface area contributed by atoms with Gasteiger partial charge in [0.2, 0.25) is 0 Å². The Morgan fingerprint density at radius 2 is 1.25 bits per heavy atom. The minimum Gasteiger partial charge on any atom is -0.129 e. The zero-order valence-corrected chi connectivity index (χ0v) is 20.8. The molecule has 6 unspecified atom stereocenters. The van der Waals surface area contributed by atoms with Crippen LogP contribution in [0.2, 0.25) is 0 Å². The summed E-state index contributed by atoms with van der Waals surface area (Å²) >= 11 is 0. The van der Waals surface area contributed by atoms with E-state index in [2.05, 4.69) is 83.1 Å². The average Bonchev–Trinajstić information content (AvgIpc) is 2.49. The lowest BCUT2D eigenvalue weighted by Gasteiger charge is -2.44. The summed E-state index contributed by atoms with van der Waals surface area (Å²) in [5.41, 5.74) is 0.922. The van der Waals surface area contributed by atoms with Crippen molar-refractivity contribution >= 4 is 14.0 Å². The Kier molecular flexibility index (Phi) is 10.9. The lowest BCUT2D eigenvalue weighted by molar-refractivity contribution is 0.267. The van der Waals surface area contributed by atoms with Gasteiger partial charge in [0, 0.05) is 5.16 Å². The van der Waals surface area contributed by atoms with Crippen LogP contribution in [-0.4, -0.2) is 23.1 Å². The first-order valence-electron chi connectivity index (χ1n) is 10.5. The third kappa shape index (κ3) is 5.81. The SMILES string of the molecule is CCP(C(C)CC(C)C(C)C)#P(CC)C(C)(C(C)C)C(C)C(C)C. The molecule has 0 spiro atoms. The van der Waals surface area contributed by atoms with Crippen molar-refractivity contribution in [2.45, 2.75) is 100 Å². The first kappa shape index (κ1) is 24.6. The van der Waals surface area contributed by atoms with Gasteiger partial charge in [-0.3, -0.25) is 0 Å². The van der Waals surface area contributed by atoms with Crippen molar-refractivity contribution in [3.05, 3.63) is 0 Å². The fourth-order valence-corrected chi connectivity index (χ4v) is 15.9. The summed E-state index contributed by atoms with van der Waals surface area (Å²) in [4.78, 5) is 0. The van der Waals surface area contributed by atoms with Crippen LogP contribution in [0.3, 0.4) is 0 Å². The number of hydrogen-bond donors (Lipinski definition) is 0. The van der Waals surface area contributed by atoms with E-state index in [1.165, 1.54) is 18.7 Å². The van der Waals surface area contributed by atoms with E-state index in [-0.39, 0.29) is 14.0 Å². The van der Waals surface area contributed by atoms with Gasteiger partial charge in [0.1, 0.15) is 0 Å². The van der Waals surface area contributed by atoms with Gasteiger partial charge in [0.15, 0.2) is 0 Å². The van der Waals surface area contributed by atoms with Crippen molar-refractivity contribution in [2.75, 3.05) is 12.3 Å². The maximum Gasteiger partial charge on any atom is 0.0105 e. The minimum atomic E-state index is 0.0968. The largest absolute Gasteiger partial charge is 0.129 e. The first-order valence-corrected chi connectivity index (χ1v) is 14.3. The van der Waals surface area contributed by atoms with Crippen molar-refractivity contribution in [3.8, 4) is 0 Å². The van der Waals surface area contributed by atoms with Gasteiger partial charge in [-0.05, 0) is 54.0 Å². The fraction of sp³-hybridized carbons (Fsp3) is 1.00. The van der Waals surface area contributed by atoms with Crippen LogP contribution in [0.15, 0.2) is 0 Å². The van der Waals surface area contributed by atoms with Gasteiger partial charge in [-0.25, -0.2) is 0 Å². The molecule has 146 valence electrons. The number of rotatable bonds is 6. The molecule has 0 N–H and O–H groups in total. The Morgan fingerprint density at radius 3 is 1.54 bits per heavy atom. The van der Waals surface area contributed by atoms with Crippen LogP contribution in [0.5, 0.6) is 0 Å². The monoisotopic (exact) mass is 374 g/mol. The molecule has 24 heavy (non-hydrogen) atoms. The number of hydrogen-bond acceptors (Lipinski definition) is 0. The average molecular weight is 375 g/mol. The van der Waals surface area contributed by atoms with Gasteiger partial charge in [-0.2, -0.15) is 0 Å². The normalized spacial score (nSPS) is 20.1. The molecular formula is C22H48P2. The maximum absolute atomic E-state index is 2.65. The molecule has 0 radical (unpaired) electrons. The molecule has 0 aromatic rings. The Morgan fingerprint density at radius 1 is 0.750 bits per heavy atom. The molecule has 0 aliphatic carbocycles. The first-order chi connectivity index (χ1) is 10.9. The molecular weight excluding hydrogens is 326 g/mol. The summed E-state index contributed by atoms with van der Waals surface area (Å²) in [6.07, 6.45) is 4.27. The molecule has 0 fully saturated rings. The molecule has 6 atom stereocenters. The summed E-state index contributed by atoms with van der Waals surface area (Å²) in [6, 6.07) is 0. The van der Waals surface area contributed by atoms with Gasteiger partial charge < -0.3 is 0 Å². The molecule has 0 nitrogen and oxygen atoms in total. The van der Waals surface area contributed by atoms with Crippen LogP contribution in [0.1, 0.15) is 89.5 Å². The fourth-order valence-electron chi connectivity index (χ4n) is 4.19. The van der Waals surface area contributed by atoms with E-state index in [4.69, 9.17) is 0 Å². The minimum absolute atomic E-state index is 0.0968. The van der Waals surface area contributed by atoms with Crippen molar-refractivity contribution < 1.29 is 0 Å². The lowest BCUT2D eigenvalue weighted by atomic mass is 9.79. The molecule has 0 bridgehead atoms. The van der Waals surface area contributed by atoms with Crippen LogP contribution in [0.25, 0.3) is 0 Å². The third-order valence-electron chi connectivity index (χ3n) is 6.94. The van der Waals surface area contributed by atoms with E-state index in [9.17, 15) is 0 Å². The van der Waals surface area contributed by atoms with Gasteiger partial charge in [-0.15, -0.1) is 14.0 Å². The third-order valence-corrected chi connectivity index (χ3v) is 18.1. The van der Waals surface area contributed by atoms with E-state index in [1.807, 2.05) is 0 Å². The molecule has 2 heteroatoms. The van der Waals surface area contributed by atoms with Crippen molar-refractivity contribution in [2.24, 2.45) is 29.6 Å². The van der Waals surface area contributed by atoms with Gasteiger partial charge in [-0.1, -0.05) is 83.1 Å². The maximum atomic E-state index is 2.65. The second-order valence-electron chi connectivity index (χ2n) is 9.19. The highest BCUT2D eigenvalue weighted by atomic mass is 31.7. The quantitative estimate of drug-likeness (QED) is 0.408. The Bertz CT molecular complexity index is 461.